The van der Waals surface area contributed by atoms with Crippen LogP contribution in [-0.2, 0) is 4.79 Å². The molecule has 1 fully saturated rings. The molecule has 0 spiro atoms. The Kier molecular flexibility index (Phi) is 4.01. The normalized spacial score (nSPS) is 14.2. The zero-order valence-corrected chi connectivity index (χ0v) is 13.5. The summed E-state index contributed by atoms with van der Waals surface area (Å²) >= 11 is 0. The van der Waals surface area contributed by atoms with Gasteiger partial charge in [0, 0.05) is 13.1 Å². The van der Waals surface area contributed by atoms with E-state index in [1.807, 2.05) is 4.90 Å². The molecule has 0 radical (unpaired) electrons. The Morgan fingerprint density at radius 3 is 2.72 bits per heavy atom. The summed E-state index contributed by atoms with van der Waals surface area (Å²) in [6.07, 6.45) is 2.12. The lowest BCUT2D eigenvalue weighted by Gasteiger charge is -2.15. The second-order valence-corrected chi connectivity index (χ2v) is 5.93. The van der Waals surface area contributed by atoms with E-state index in [4.69, 9.17) is 0 Å². The van der Waals surface area contributed by atoms with Crippen LogP contribution in [-0.4, -0.2) is 50.3 Å². The first-order chi connectivity index (χ1) is 12.2. The lowest BCUT2D eigenvalue weighted by atomic mass is 10.2. The minimum absolute atomic E-state index is 0.0532. The van der Waals surface area contributed by atoms with Crippen LogP contribution in [0.2, 0.25) is 0 Å². The SMILES string of the molecule is O=C(CNc1ccc2nnc(-c3ccccc3F)n2n1)N1CCCC1. The van der Waals surface area contributed by atoms with E-state index >= 15 is 0 Å². The standard InChI is InChI=1S/C17H17FN6O/c18-13-6-2-1-5-12(13)17-21-20-15-8-7-14(22-24(15)17)19-11-16(25)23-9-3-4-10-23/h1-2,5-8H,3-4,9-11H2,(H,19,22). The maximum absolute atomic E-state index is 14.0. The van der Waals surface area contributed by atoms with E-state index in [0.29, 0.717) is 22.9 Å². The number of anilines is 1. The molecule has 3 aromatic rings. The van der Waals surface area contributed by atoms with Crippen LogP contribution in [0, 0.1) is 5.82 Å². The Labute approximate surface area is 143 Å². The molecule has 0 atom stereocenters. The number of amides is 1. The van der Waals surface area contributed by atoms with Crippen LogP contribution < -0.4 is 5.32 Å². The molecule has 0 unspecified atom stereocenters. The van der Waals surface area contributed by atoms with E-state index in [0.717, 1.165) is 25.9 Å². The monoisotopic (exact) mass is 340 g/mol. The molecule has 128 valence electrons. The molecule has 1 aliphatic heterocycles. The van der Waals surface area contributed by atoms with Gasteiger partial charge < -0.3 is 10.2 Å². The van der Waals surface area contributed by atoms with Crippen molar-refractivity contribution in [2.45, 2.75) is 12.8 Å². The van der Waals surface area contributed by atoms with Crippen LogP contribution in [0.3, 0.4) is 0 Å². The molecule has 3 heterocycles. The Bertz CT molecular complexity index is 918. The number of nitrogens with one attached hydrogen (secondary N) is 1. The summed E-state index contributed by atoms with van der Waals surface area (Å²) in [5, 5.41) is 15.5. The molecule has 0 bridgehead atoms. The van der Waals surface area contributed by atoms with Gasteiger partial charge in [0.15, 0.2) is 11.5 Å². The maximum atomic E-state index is 14.0. The fourth-order valence-electron chi connectivity index (χ4n) is 2.94. The van der Waals surface area contributed by atoms with Crippen LogP contribution in [0.1, 0.15) is 12.8 Å². The fourth-order valence-corrected chi connectivity index (χ4v) is 2.94. The molecule has 1 aromatic carbocycles. The topological polar surface area (TPSA) is 75.4 Å². The van der Waals surface area contributed by atoms with Crippen molar-refractivity contribution >= 4 is 17.4 Å². The number of hydrogen-bond donors (Lipinski definition) is 1. The summed E-state index contributed by atoms with van der Waals surface area (Å²) in [7, 11) is 0. The summed E-state index contributed by atoms with van der Waals surface area (Å²) in [5.74, 6) is 0.499. The third-order valence-electron chi connectivity index (χ3n) is 4.26. The highest BCUT2D eigenvalue weighted by molar-refractivity contribution is 5.80. The van der Waals surface area contributed by atoms with Gasteiger partial charge in [0.25, 0.3) is 0 Å². The van der Waals surface area contributed by atoms with Gasteiger partial charge in [-0.05, 0) is 37.1 Å². The lowest BCUT2D eigenvalue weighted by molar-refractivity contribution is -0.128. The Hall–Kier alpha value is -3.03. The van der Waals surface area contributed by atoms with Gasteiger partial charge >= 0.3 is 0 Å². The zero-order chi connectivity index (χ0) is 17.2. The average molecular weight is 340 g/mol. The molecule has 8 heteroatoms. The number of likely N-dealkylation sites (tertiary alicyclic amines) is 1. The smallest absolute Gasteiger partial charge is 0.241 e. The number of benzene rings is 1. The van der Waals surface area contributed by atoms with Crippen LogP contribution >= 0.6 is 0 Å². The Balaban J connectivity index is 1.58. The van der Waals surface area contributed by atoms with Gasteiger partial charge in [-0.25, -0.2) is 4.39 Å². The van der Waals surface area contributed by atoms with Gasteiger partial charge in [-0.15, -0.1) is 15.3 Å². The van der Waals surface area contributed by atoms with Crippen molar-refractivity contribution in [2.75, 3.05) is 25.0 Å². The molecule has 4 rings (SSSR count). The molecule has 2 aromatic heterocycles. The van der Waals surface area contributed by atoms with Crippen LogP contribution in [0.5, 0.6) is 0 Å². The number of hydrogen-bond acceptors (Lipinski definition) is 5. The zero-order valence-electron chi connectivity index (χ0n) is 13.5. The van der Waals surface area contributed by atoms with E-state index in [2.05, 4.69) is 20.6 Å². The second kappa shape index (κ2) is 6.46. The first-order valence-electron chi connectivity index (χ1n) is 8.21. The van der Waals surface area contributed by atoms with Crippen LogP contribution in [0.4, 0.5) is 10.2 Å². The number of nitrogens with zero attached hydrogens (tertiary/aromatic N) is 5. The predicted molar refractivity (Wildman–Crippen MR) is 90.5 cm³/mol. The summed E-state index contributed by atoms with van der Waals surface area (Å²) in [6.45, 7) is 1.81. The van der Waals surface area contributed by atoms with E-state index < -0.39 is 0 Å². The highest BCUT2D eigenvalue weighted by atomic mass is 19.1. The average Bonchev–Trinajstić information content (AvgIpc) is 3.30. The minimum atomic E-state index is -0.388. The molecular weight excluding hydrogens is 323 g/mol. The van der Waals surface area contributed by atoms with Crippen molar-refractivity contribution in [3.63, 3.8) is 0 Å². The highest BCUT2D eigenvalue weighted by Gasteiger charge is 2.18. The minimum Gasteiger partial charge on any atom is -0.360 e. The first-order valence-corrected chi connectivity index (χ1v) is 8.21. The Morgan fingerprint density at radius 1 is 1.12 bits per heavy atom. The van der Waals surface area contributed by atoms with Crippen molar-refractivity contribution in [3.05, 3.63) is 42.2 Å². The molecule has 1 saturated heterocycles. The summed E-state index contributed by atoms with van der Waals surface area (Å²) in [4.78, 5) is 14.0. The van der Waals surface area contributed by atoms with Gasteiger partial charge in [0.1, 0.15) is 11.6 Å². The molecular formula is C17H17FN6O. The third kappa shape index (κ3) is 3.02. The number of halogens is 1. The van der Waals surface area contributed by atoms with E-state index in [1.54, 1.807) is 30.3 Å². The summed E-state index contributed by atoms with van der Waals surface area (Å²) in [5.41, 5.74) is 0.836. The number of rotatable bonds is 4. The first kappa shape index (κ1) is 15.5. The molecule has 0 aliphatic carbocycles. The Morgan fingerprint density at radius 2 is 1.92 bits per heavy atom. The predicted octanol–water partition coefficient (Wildman–Crippen LogP) is 1.96. The van der Waals surface area contributed by atoms with E-state index in [1.165, 1.54) is 10.6 Å². The molecule has 1 N–H and O–H groups in total. The van der Waals surface area contributed by atoms with Gasteiger partial charge in [-0.3, -0.25) is 4.79 Å². The van der Waals surface area contributed by atoms with Crippen molar-refractivity contribution in [2.24, 2.45) is 0 Å². The van der Waals surface area contributed by atoms with E-state index in [9.17, 15) is 9.18 Å². The fraction of sp³-hybridized carbons (Fsp3) is 0.294. The van der Waals surface area contributed by atoms with Crippen LogP contribution in [0.15, 0.2) is 36.4 Å². The maximum Gasteiger partial charge on any atom is 0.241 e. The van der Waals surface area contributed by atoms with Crippen LogP contribution in [0.25, 0.3) is 17.0 Å². The van der Waals surface area contributed by atoms with Gasteiger partial charge in [0.05, 0.1) is 12.1 Å². The quantitative estimate of drug-likeness (QED) is 0.786. The van der Waals surface area contributed by atoms with Gasteiger partial charge in [-0.2, -0.15) is 4.52 Å². The van der Waals surface area contributed by atoms with Crippen molar-refractivity contribution in [1.29, 1.82) is 0 Å². The lowest BCUT2D eigenvalue weighted by Crippen LogP contribution is -2.33. The molecule has 1 amide bonds. The highest BCUT2D eigenvalue weighted by Crippen LogP contribution is 2.21. The summed E-state index contributed by atoms with van der Waals surface area (Å²) < 4.78 is 15.5. The molecule has 1 aliphatic rings. The number of carbonyl (C=O) groups is 1. The van der Waals surface area contributed by atoms with Crippen molar-refractivity contribution in [1.82, 2.24) is 24.7 Å². The number of aromatic nitrogens is 4. The molecule has 7 nitrogen and oxygen atoms in total. The number of carbonyl (C=O) groups excluding carboxylic acids is 1. The van der Waals surface area contributed by atoms with E-state index in [-0.39, 0.29) is 18.3 Å². The number of fused-ring (bicyclic) bond motifs is 1. The third-order valence-corrected chi connectivity index (χ3v) is 4.26. The molecule has 0 saturated carbocycles. The van der Waals surface area contributed by atoms with Crippen molar-refractivity contribution in [3.8, 4) is 11.4 Å². The second-order valence-electron chi connectivity index (χ2n) is 5.93. The van der Waals surface area contributed by atoms with Gasteiger partial charge in [-0.1, -0.05) is 12.1 Å². The van der Waals surface area contributed by atoms with Crippen molar-refractivity contribution < 1.29 is 9.18 Å². The molecule has 25 heavy (non-hydrogen) atoms. The largest absolute Gasteiger partial charge is 0.360 e. The van der Waals surface area contributed by atoms with Gasteiger partial charge in [0.2, 0.25) is 5.91 Å². The summed E-state index contributed by atoms with van der Waals surface area (Å²) in [6, 6.07) is 9.81.